The maximum absolute atomic E-state index is 11.8. The van der Waals surface area contributed by atoms with Gasteiger partial charge in [-0.15, -0.1) is 13.2 Å². The Balaban J connectivity index is 3.10. The van der Waals surface area contributed by atoms with Crippen LogP contribution < -0.4 is 4.74 Å². The van der Waals surface area contributed by atoms with E-state index in [1.54, 1.807) is 0 Å². The number of rotatable bonds is 2. The van der Waals surface area contributed by atoms with Crippen LogP contribution in [0.25, 0.3) is 0 Å². The van der Waals surface area contributed by atoms with Gasteiger partial charge in [0, 0.05) is 0 Å². The highest BCUT2D eigenvalue weighted by molar-refractivity contribution is 7.79. The minimum absolute atomic E-state index is 0.335. The van der Waals surface area contributed by atoms with E-state index >= 15 is 0 Å². The molecule has 0 amide bonds. The van der Waals surface area contributed by atoms with Crippen LogP contribution >= 0.6 is 11.6 Å². The maximum Gasteiger partial charge on any atom is 0.573 e. The third-order valence-electron chi connectivity index (χ3n) is 1.34. The molecule has 0 aliphatic rings. The Morgan fingerprint density at radius 3 is 2.47 bits per heavy atom. The van der Waals surface area contributed by atoms with Gasteiger partial charge in [-0.3, -0.25) is 0 Å². The molecule has 1 rings (SSSR count). The molecule has 8 heteroatoms. The second-order valence-electron chi connectivity index (χ2n) is 2.37. The largest absolute Gasteiger partial charge is 0.573 e. The molecule has 1 N–H and O–H groups in total. The van der Waals surface area contributed by atoms with Crippen LogP contribution in [-0.2, 0) is 11.1 Å². The van der Waals surface area contributed by atoms with Crippen molar-refractivity contribution in [3.63, 3.8) is 0 Å². The SMILES string of the molecule is O=S(O)c1cccc(OC(F)(F)F)c1Cl. The molecule has 1 aromatic carbocycles. The molecule has 0 aliphatic carbocycles. The number of alkyl halides is 3. The molecule has 0 heterocycles. The molecule has 15 heavy (non-hydrogen) atoms. The molecule has 0 saturated carbocycles. The first-order chi connectivity index (χ1) is 6.81. The Hall–Kier alpha value is -0.790. The van der Waals surface area contributed by atoms with Crippen LogP contribution in [0.2, 0.25) is 5.02 Å². The minimum Gasteiger partial charge on any atom is -0.404 e. The average molecular weight is 261 g/mol. The molecule has 0 radical (unpaired) electrons. The first kappa shape index (κ1) is 12.3. The lowest BCUT2D eigenvalue weighted by Gasteiger charge is -2.11. The molecule has 0 spiro atoms. The third-order valence-corrected chi connectivity index (χ3v) is 2.56. The van der Waals surface area contributed by atoms with Crippen molar-refractivity contribution in [2.45, 2.75) is 11.3 Å². The van der Waals surface area contributed by atoms with Crippen molar-refractivity contribution in [2.75, 3.05) is 0 Å². The van der Waals surface area contributed by atoms with E-state index in [4.69, 9.17) is 16.2 Å². The predicted molar refractivity (Wildman–Crippen MR) is 47.2 cm³/mol. The summed E-state index contributed by atoms with van der Waals surface area (Å²) in [6.07, 6.45) is -4.89. The Kier molecular flexibility index (Phi) is 3.58. The van der Waals surface area contributed by atoms with Crippen LogP contribution in [0.4, 0.5) is 13.2 Å². The number of ether oxygens (including phenoxy) is 1. The van der Waals surface area contributed by atoms with Gasteiger partial charge < -0.3 is 9.29 Å². The van der Waals surface area contributed by atoms with Crippen LogP contribution in [0.15, 0.2) is 23.1 Å². The van der Waals surface area contributed by atoms with Gasteiger partial charge in [-0.2, -0.15) is 0 Å². The molecule has 3 nitrogen and oxygen atoms in total. The zero-order chi connectivity index (χ0) is 11.6. The summed E-state index contributed by atoms with van der Waals surface area (Å²) in [6.45, 7) is 0. The van der Waals surface area contributed by atoms with E-state index in [1.807, 2.05) is 0 Å². The van der Waals surface area contributed by atoms with Crippen LogP contribution in [0.3, 0.4) is 0 Å². The smallest absolute Gasteiger partial charge is 0.404 e. The molecule has 0 bridgehead atoms. The molecule has 0 fully saturated rings. The van der Waals surface area contributed by atoms with Gasteiger partial charge in [-0.05, 0) is 12.1 Å². The Labute approximate surface area is 90.1 Å². The van der Waals surface area contributed by atoms with Gasteiger partial charge in [0.1, 0.15) is 10.8 Å². The van der Waals surface area contributed by atoms with Crippen molar-refractivity contribution < 1.29 is 26.7 Å². The average Bonchev–Trinajstić information content (AvgIpc) is 2.05. The predicted octanol–water partition coefficient (Wildman–Crippen LogP) is 2.82. The van der Waals surface area contributed by atoms with Gasteiger partial charge in [0.2, 0.25) is 0 Å². The molecule has 1 unspecified atom stereocenters. The zero-order valence-electron chi connectivity index (χ0n) is 6.92. The molecule has 1 atom stereocenters. The van der Waals surface area contributed by atoms with Gasteiger partial charge in [0.15, 0.2) is 11.1 Å². The van der Waals surface area contributed by atoms with E-state index in [1.165, 1.54) is 0 Å². The van der Waals surface area contributed by atoms with E-state index in [9.17, 15) is 17.4 Å². The Morgan fingerprint density at radius 2 is 2.00 bits per heavy atom. The fourth-order valence-electron chi connectivity index (χ4n) is 0.829. The lowest BCUT2D eigenvalue weighted by molar-refractivity contribution is -0.274. The summed E-state index contributed by atoms with van der Waals surface area (Å²) in [4.78, 5) is -0.335. The maximum atomic E-state index is 11.8. The quantitative estimate of drug-likeness (QED) is 0.832. The molecular formula is C7H4ClF3O3S. The summed E-state index contributed by atoms with van der Waals surface area (Å²) in [5.74, 6) is -0.705. The highest BCUT2D eigenvalue weighted by atomic mass is 35.5. The number of hydrogen-bond donors (Lipinski definition) is 1. The Morgan fingerprint density at radius 1 is 1.40 bits per heavy atom. The highest BCUT2D eigenvalue weighted by Gasteiger charge is 2.32. The van der Waals surface area contributed by atoms with Gasteiger partial charge in [0.05, 0.1) is 4.90 Å². The second-order valence-corrected chi connectivity index (χ2v) is 3.68. The molecule has 0 aromatic heterocycles. The summed E-state index contributed by atoms with van der Waals surface area (Å²) in [5.41, 5.74) is 0. The first-order valence-electron chi connectivity index (χ1n) is 3.46. The minimum atomic E-state index is -4.89. The molecular weight excluding hydrogens is 257 g/mol. The van der Waals surface area contributed by atoms with Gasteiger partial charge in [-0.25, -0.2) is 4.21 Å². The summed E-state index contributed by atoms with van der Waals surface area (Å²) < 4.78 is 58.4. The Bertz CT molecular complexity index is 394. The van der Waals surface area contributed by atoms with Crippen molar-refractivity contribution in [3.05, 3.63) is 23.2 Å². The molecule has 1 aromatic rings. The van der Waals surface area contributed by atoms with Crippen LogP contribution in [0.5, 0.6) is 5.75 Å². The number of hydrogen-bond acceptors (Lipinski definition) is 2. The fraction of sp³-hybridized carbons (Fsp3) is 0.143. The first-order valence-corrected chi connectivity index (χ1v) is 4.95. The number of benzene rings is 1. The van der Waals surface area contributed by atoms with Gasteiger partial charge in [0.25, 0.3) is 0 Å². The lowest BCUT2D eigenvalue weighted by atomic mass is 10.3. The van der Waals surface area contributed by atoms with E-state index in [0.717, 1.165) is 18.2 Å². The second kappa shape index (κ2) is 4.38. The van der Waals surface area contributed by atoms with Crippen molar-refractivity contribution >= 4 is 22.7 Å². The zero-order valence-corrected chi connectivity index (χ0v) is 8.49. The van der Waals surface area contributed by atoms with Gasteiger partial charge in [-0.1, -0.05) is 17.7 Å². The number of halogens is 4. The van der Waals surface area contributed by atoms with E-state index in [-0.39, 0.29) is 4.90 Å². The monoisotopic (exact) mass is 260 g/mol. The third kappa shape index (κ3) is 3.37. The van der Waals surface area contributed by atoms with Gasteiger partial charge >= 0.3 is 6.36 Å². The van der Waals surface area contributed by atoms with Crippen molar-refractivity contribution in [1.29, 1.82) is 0 Å². The normalized spacial score (nSPS) is 13.7. The topological polar surface area (TPSA) is 46.5 Å². The molecule has 84 valence electrons. The van der Waals surface area contributed by atoms with E-state index in [0.29, 0.717) is 0 Å². The fourth-order valence-corrected chi connectivity index (χ4v) is 1.64. The van der Waals surface area contributed by atoms with Crippen molar-refractivity contribution in [3.8, 4) is 5.75 Å². The molecule has 0 saturated heterocycles. The summed E-state index contributed by atoms with van der Waals surface area (Å²) >= 11 is 2.97. The van der Waals surface area contributed by atoms with Crippen LogP contribution in [0.1, 0.15) is 0 Å². The lowest BCUT2D eigenvalue weighted by Crippen LogP contribution is -2.17. The highest BCUT2D eigenvalue weighted by Crippen LogP contribution is 2.33. The van der Waals surface area contributed by atoms with E-state index in [2.05, 4.69) is 4.74 Å². The van der Waals surface area contributed by atoms with Crippen LogP contribution in [-0.4, -0.2) is 15.1 Å². The van der Waals surface area contributed by atoms with E-state index < -0.39 is 28.2 Å². The summed E-state index contributed by atoms with van der Waals surface area (Å²) in [6, 6.07) is 3.21. The molecule has 0 aliphatic heterocycles. The standard InChI is InChI=1S/C7H4ClF3O3S/c8-6-4(14-7(9,10)11)2-1-3-5(6)15(12)13/h1-3H,(H,12,13). The van der Waals surface area contributed by atoms with Crippen molar-refractivity contribution in [1.82, 2.24) is 0 Å². The van der Waals surface area contributed by atoms with Crippen molar-refractivity contribution in [2.24, 2.45) is 0 Å². The summed E-state index contributed by atoms with van der Waals surface area (Å²) in [7, 11) is 0. The summed E-state index contributed by atoms with van der Waals surface area (Å²) in [5, 5.41) is -0.532. The van der Waals surface area contributed by atoms with Crippen LogP contribution in [0, 0.1) is 0 Å².